The van der Waals surface area contributed by atoms with E-state index in [0.717, 1.165) is 17.7 Å². The lowest BCUT2D eigenvalue weighted by Gasteiger charge is -2.07. The number of hydrogen-bond donors (Lipinski definition) is 2. The first kappa shape index (κ1) is 16.2. The Balaban J connectivity index is 1.48. The second-order valence-electron chi connectivity index (χ2n) is 5.28. The number of anilines is 1. The Morgan fingerprint density at radius 1 is 1.25 bits per heavy atom. The third-order valence-electron chi connectivity index (χ3n) is 3.41. The number of carbonyl (C=O) groups is 1. The molecule has 0 spiro atoms. The van der Waals surface area contributed by atoms with Crippen molar-refractivity contribution in [1.29, 1.82) is 0 Å². The average Bonchev–Trinajstić information content (AvgIpc) is 3.21. The molecule has 0 aliphatic heterocycles. The van der Waals surface area contributed by atoms with Gasteiger partial charge in [0.25, 0.3) is 5.89 Å². The van der Waals surface area contributed by atoms with E-state index in [1.807, 2.05) is 29.6 Å². The van der Waals surface area contributed by atoms with Gasteiger partial charge in [-0.3, -0.25) is 0 Å². The molecule has 3 aromatic rings. The number of nitrogens with one attached hydrogen (secondary N) is 2. The van der Waals surface area contributed by atoms with Crippen molar-refractivity contribution < 1.29 is 9.32 Å². The predicted octanol–water partition coefficient (Wildman–Crippen LogP) is 3.86. The van der Waals surface area contributed by atoms with Crippen molar-refractivity contribution in [2.45, 2.75) is 19.8 Å². The van der Waals surface area contributed by atoms with Crippen LogP contribution in [-0.4, -0.2) is 22.7 Å². The maximum absolute atomic E-state index is 12.0. The number of nitrogens with zero attached hydrogens (tertiary/aromatic N) is 2. The topological polar surface area (TPSA) is 80.0 Å². The molecule has 2 amide bonds. The van der Waals surface area contributed by atoms with Crippen molar-refractivity contribution in [3.8, 4) is 10.8 Å². The number of aromatic nitrogens is 2. The average molecular weight is 342 g/mol. The fraction of sp³-hybridized carbons (Fsp3) is 0.235. The number of aryl methyl sites for hydroxylation is 2. The first-order valence-electron chi connectivity index (χ1n) is 7.69. The van der Waals surface area contributed by atoms with Crippen LogP contribution in [0.1, 0.15) is 17.8 Å². The van der Waals surface area contributed by atoms with Crippen LogP contribution in [0.2, 0.25) is 0 Å². The zero-order chi connectivity index (χ0) is 16.8. The summed E-state index contributed by atoms with van der Waals surface area (Å²) in [6.45, 7) is 2.37. The van der Waals surface area contributed by atoms with Gasteiger partial charge in [0.2, 0.25) is 0 Å². The summed E-state index contributed by atoms with van der Waals surface area (Å²) in [5.74, 6) is 0.983. The molecular formula is C17H18N4O2S. The summed E-state index contributed by atoms with van der Waals surface area (Å²) in [6.07, 6.45) is 1.82. The third kappa shape index (κ3) is 4.20. The molecule has 0 saturated heterocycles. The van der Waals surface area contributed by atoms with E-state index in [9.17, 15) is 4.79 Å². The number of urea groups is 1. The summed E-state index contributed by atoms with van der Waals surface area (Å²) in [4.78, 5) is 17.0. The van der Waals surface area contributed by atoms with Crippen LogP contribution < -0.4 is 10.6 Å². The number of hydrogen-bond acceptors (Lipinski definition) is 5. The molecule has 1 aromatic carbocycles. The zero-order valence-corrected chi connectivity index (χ0v) is 14.1. The van der Waals surface area contributed by atoms with Crippen molar-refractivity contribution in [3.05, 3.63) is 53.2 Å². The molecule has 24 heavy (non-hydrogen) atoms. The second-order valence-corrected chi connectivity index (χ2v) is 6.20. The van der Waals surface area contributed by atoms with Gasteiger partial charge >= 0.3 is 6.03 Å². The summed E-state index contributed by atoms with van der Waals surface area (Å²) in [5.41, 5.74) is 1.94. The number of carbonyl (C=O) groups excluding carboxylic acids is 1. The molecule has 0 bridgehead atoms. The van der Waals surface area contributed by atoms with Gasteiger partial charge in [-0.25, -0.2) is 4.79 Å². The Hall–Kier alpha value is -2.67. The van der Waals surface area contributed by atoms with Gasteiger partial charge in [-0.15, -0.1) is 11.3 Å². The van der Waals surface area contributed by atoms with Gasteiger partial charge in [0.1, 0.15) is 4.88 Å². The number of thiophene rings is 1. The van der Waals surface area contributed by atoms with Crippen molar-refractivity contribution in [2.75, 3.05) is 11.9 Å². The fourth-order valence-electron chi connectivity index (χ4n) is 2.27. The largest absolute Gasteiger partial charge is 0.338 e. The standard InChI is InChI=1S/C17H18N4O2S/c1-12-19-16(23-21-12)15-14(9-11-24-15)20-17(22)18-10-5-8-13-6-3-2-4-7-13/h2-4,6-7,9,11H,5,8,10H2,1H3,(H2,18,20,22). The van der Waals surface area contributed by atoms with E-state index in [2.05, 4.69) is 32.9 Å². The molecule has 3 rings (SSSR count). The maximum Gasteiger partial charge on any atom is 0.319 e. The molecule has 2 aromatic heterocycles. The molecule has 0 aliphatic carbocycles. The van der Waals surface area contributed by atoms with Crippen molar-refractivity contribution in [3.63, 3.8) is 0 Å². The molecule has 0 saturated carbocycles. The van der Waals surface area contributed by atoms with Crippen LogP contribution in [0.5, 0.6) is 0 Å². The molecule has 0 unspecified atom stereocenters. The van der Waals surface area contributed by atoms with Crippen molar-refractivity contribution >= 4 is 23.1 Å². The first-order chi connectivity index (χ1) is 11.7. The van der Waals surface area contributed by atoms with Crippen LogP contribution in [0, 0.1) is 6.92 Å². The fourth-order valence-corrected chi connectivity index (χ4v) is 3.04. The minimum absolute atomic E-state index is 0.237. The van der Waals surface area contributed by atoms with Gasteiger partial charge in [-0.2, -0.15) is 4.98 Å². The van der Waals surface area contributed by atoms with Crippen LogP contribution in [0.25, 0.3) is 10.8 Å². The van der Waals surface area contributed by atoms with Crippen LogP contribution in [-0.2, 0) is 6.42 Å². The molecule has 2 heterocycles. The van der Waals surface area contributed by atoms with Crippen LogP contribution in [0.4, 0.5) is 10.5 Å². The summed E-state index contributed by atoms with van der Waals surface area (Å²) >= 11 is 1.44. The first-order valence-corrected chi connectivity index (χ1v) is 8.57. The molecule has 7 heteroatoms. The minimum Gasteiger partial charge on any atom is -0.338 e. The van der Waals surface area contributed by atoms with Crippen LogP contribution >= 0.6 is 11.3 Å². The molecule has 2 N–H and O–H groups in total. The summed E-state index contributed by atoms with van der Waals surface area (Å²) in [6, 6.07) is 11.8. The van der Waals surface area contributed by atoms with Gasteiger partial charge in [0.15, 0.2) is 5.82 Å². The van der Waals surface area contributed by atoms with E-state index in [-0.39, 0.29) is 6.03 Å². The molecule has 124 valence electrons. The lowest BCUT2D eigenvalue weighted by atomic mass is 10.1. The monoisotopic (exact) mass is 342 g/mol. The van der Waals surface area contributed by atoms with E-state index >= 15 is 0 Å². The highest BCUT2D eigenvalue weighted by Gasteiger charge is 2.15. The van der Waals surface area contributed by atoms with E-state index < -0.39 is 0 Å². The highest BCUT2D eigenvalue weighted by molar-refractivity contribution is 7.14. The molecule has 0 radical (unpaired) electrons. The third-order valence-corrected chi connectivity index (χ3v) is 4.31. The number of amides is 2. The molecule has 0 atom stereocenters. The van der Waals surface area contributed by atoms with E-state index in [4.69, 9.17) is 4.52 Å². The zero-order valence-electron chi connectivity index (χ0n) is 13.3. The quantitative estimate of drug-likeness (QED) is 0.667. The maximum atomic E-state index is 12.0. The van der Waals surface area contributed by atoms with E-state index in [0.29, 0.717) is 23.9 Å². The van der Waals surface area contributed by atoms with Gasteiger partial charge < -0.3 is 15.2 Å². The van der Waals surface area contributed by atoms with Crippen LogP contribution in [0.15, 0.2) is 46.3 Å². The SMILES string of the molecule is Cc1noc(-c2sccc2NC(=O)NCCCc2ccccc2)n1. The lowest BCUT2D eigenvalue weighted by Crippen LogP contribution is -2.29. The van der Waals surface area contributed by atoms with Gasteiger partial charge in [-0.1, -0.05) is 35.5 Å². The molecular weight excluding hydrogens is 324 g/mol. The lowest BCUT2D eigenvalue weighted by molar-refractivity contribution is 0.252. The Morgan fingerprint density at radius 3 is 2.83 bits per heavy atom. The highest BCUT2D eigenvalue weighted by atomic mass is 32.1. The van der Waals surface area contributed by atoms with Gasteiger partial charge in [-0.05, 0) is 36.8 Å². The van der Waals surface area contributed by atoms with Crippen molar-refractivity contribution in [2.24, 2.45) is 0 Å². The number of benzene rings is 1. The summed E-state index contributed by atoms with van der Waals surface area (Å²) < 4.78 is 5.16. The molecule has 0 fully saturated rings. The Morgan fingerprint density at radius 2 is 2.08 bits per heavy atom. The summed E-state index contributed by atoms with van der Waals surface area (Å²) in [7, 11) is 0. The normalized spacial score (nSPS) is 10.5. The Labute approximate surface area is 143 Å². The van der Waals surface area contributed by atoms with Gasteiger partial charge in [0.05, 0.1) is 5.69 Å². The smallest absolute Gasteiger partial charge is 0.319 e. The molecule has 0 aliphatic rings. The molecule has 6 nitrogen and oxygen atoms in total. The predicted molar refractivity (Wildman–Crippen MR) is 94.1 cm³/mol. The van der Waals surface area contributed by atoms with E-state index in [1.165, 1.54) is 16.9 Å². The second kappa shape index (κ2) is 7.74. The van der Waals surface area contributed by atoms with Crippen LogP contribution in [0.3, 0.4) is 0 Å². The number of rotatable bonds is 6. The Kier molecular flexibility index (Phi) is 5.22. The van der Waals surface area contributed by atoms with Gasteiger partial charge in [0, 0.05) is 6.54 Å². The van der Waals surface area contributed by atoms with E-state index in [1.54, 1.807) is 6.92 Å². The highest BCUT2D eigenvalue weighted by Crippen LogP contribution is 2.32. The summed E-state index contributed by atoms with van der Waals surface area (Å²) in [5, 5.41) is 11.3. The van der Waals surface area contributed by atoms with Crippen molar-refractivity contribution in [1.82, 2.24) is 15.5 Å². The minimum atomic E-state index is -0.237. The Bertz CT molecular complexity index is 798.